The molecule has 0 radical (unpaired) electrons. The van der Waals surface area contributed by atoms with Crippen molar-refractivity contribution in [2.24, 2.45) is 5.92 Å². The van der Waals surface area contributed by atoms with Gasteiger partial charge in [0.25, 0.3) is 5.91 Å². The number of hydrogen-bond donors (Lipinski definition) is 2. The molecule has 104 valence electrons. The lowest BCUT2D eigenvalue weighted by atomic mass is 10.0. The molecule has 5 heteroatoms. The number of amides is 1. The molecule has 4 nitrogen and oxygen atoms in total. The van der Waals surface area contributed by atoms with E-state index in [2.05, 4.69) is 15.6 Å². The zero-order valence-electron chi connectivity index (χ0n) is 11.5. The molecule has 1 aliphatic rings. The van der Waals surface area contributed by atoms with E-state index in [1.807, 2.05) is 31.8 Å². The van der Waals surface area contributed by atoms with Crippen LogP contribution in [0.5, 0.6) is 0 Å². The number of aromatic nitrogens is 1. The lowest BCUT2D eigenvalue weighted by Gasteiger charge is -2.21. The minimum Gasteiger partial charge on any atom is -0.387 e. The molecule has 1 aromatic heterocycles. The normalized spacial score (nSPS) is 16.1. The van der Waals surface area contributed by atoms with Gasteiger partial charge in [-0.3, -0.25) is 9.78 Å². The second-order valence-corrected chi connectivity index (χ2v) is 6.11. The molecule has 0 atom stereocenters. The second kappa shape index (κ2) is 6.80. The first-order chi connectivity index (χ1) is 9.20. The maximum Gasteiger partial charge on any atom is 0.254 e. The number of carbonyl (C=O) groups is 1. The van der Waals surface area contributed by atoms with Crippen molar-refractivity contribution >= 4 is 23.4 Å². The van der Waals surface area contributed by atoms with Crippen molar-refractivity contribution in [3.05, 3.63) is 23.5 Å². The number of rotatable bonds is 4. The molecule has 0 spiro atoms. The van der Waals surface area contributed by atoms with Crippen LogP contribution in [-0.2, 0) is 0 Å². The van der Waals surface area contributed by atoms with Gasteiger partial charge in [-0.15, -0.1) is 0 Å². The first kappa shape index (κ1) is 14.2. The van der Waals surface area contributed by atoms with Crippen LogP contribution in [0.4, 0.5) is 5.69 Å². The molecule has 2 rings (SSSR count). The van der Waals surface area contributed by atoms with E-state index in [1.165, 1.54) is 24.3 Å². The Morgan fingerprint density at radius 3 is 2.89 bits per heavy atom. The van der Waals surface area contributed by atoms with Crippen molar-refractivity contribution < 1.29 is 4.79 Å². The van der Waals surface area contributed by atoms with Crippen LogP contribution in [0.1, 0.15) is 28.9 Å². The van der Waals surface area contributed by atoms with Gasteiger partial charge in [0.2, 0.25) is 0 Å². The summed E-state index contributed by atoms with van der Waals surface area (Å²) in [7, 11) is 1.82. The van der Waals surface area contributed by atoms with Gasteiger partial charge in [-0.1, -0.05) is 0 Å². The Hall–Kier alpha value is -1.23. The van der Waals surface area contributed by atoms with E-state index in [0.29, 0.717) is 11.5 Å². The monoisotopic (exact) mass is 279 g/mol. The summed E-state index contributed by atoms with van der Waals surface area (Å²) in [4.78, 5) is 16.4. The Labute approximate surface area is 118 Å². The van der Waals surface area contributed by atoms with E-state index in [1.54, 1.807) is 6.20 Å². The van der Waals surface area contributed by atoms with Crippen LogP contribution in [0.25, 0.3) is 0 Å². The van der Waals surface area contributed by atoms with Gasteiger partial charge in [0.1, 0.15) is 0 Å². The van der Waals surface area contributed by atoms with Crippen molar-refractivity contribution in [3.63, 3.8) is 0 Å². The molecular formula is C14H21N3OS. The first-order valence-electron chi connectivity index (χ1n) is 6.71. The number of thioether (sulfide) groups is 1. The number of nitrogens with one attached hydrogen (secondary N) is 2. The van der Waals surface area contributed by atoms with Gasteiger partial charge < -0.3 is 10.6 Å². The predicted octanol–water partition coefficient (Wildman–Crippen LogP) is 2.30. The Bertz CT molecular complexity index is 444. The highest BCUT2D eigenvalue weighted by Gasteiger charge is 2.16. The molecule has 0 unspecified atom stereocenters. The third-order valence-electron chi connectivity index (χ3n) is 3.45. The average Bonchev–Trinajstić information content (AvgIpc) is 2.45. The molecule has 0 aromatic carbocycles. The SMILES string of the molecule is CNc1cc(C)ncc1C(=O)NCC1CCSCC1. The Morgan fingerprint density at radius 1 is 1.47 bits per heavy atom. The summed E-state index contributed by atoms with van der Waals surface area (Å²) in [6.45, 7) is 2.69. The van der Waals surface area contributed by atoms with Crippen LogP contribution in [-0.4, -0.2) is 36.0 Å². The molecular weight excluding hydrogens is 258 g/mol. The first-order valence-corrected chi connectivity index (χ1v) is 7.86. The highest BCUT2D eigenvalue weighted by molar-refractivity contribution is 7.99. The summed E-state index contributed by atoms with van der Waals surface area (Å²) < 4.78 is 0. The van der Waals surface area contributed by atoms with Gasteiger partial charge in [-0.25, -0.2) is 0 Å². The Morgan fingerprint density at radius 2 is 2.21 bits per heavy atom. The van der Waals surface area contributed by atoms with Gasteiger partial charge >= 0.3 is 0 Å². The smallest absolute Gasteiger partial charge is 0.254 e. The minimum absolute atomic E-state index is 0.0323. The molecule has 1 amide bonds. The Kier molecular flexibility index (Phi) is 5.07. The molecule has 2 heterocycles. The predicted molar refractivity (Wildman–Crippen MR) is 80.9 cm³/mol. The summed E-state index contributed by atoms with van der Waals surface area (Å²) >= 11 is 2.00. The van der Waals surface area contributed by atoms with E-state index < -0.39 is 0 Å². The summed E-state index contributed by atoms with van der Waals surface area (Å²) in [5.41, 5.74) is 2.37. The molecule has 0 aliphatic carbocycles. The number of aryl methyl sites for hydroxylation is 1. The number of pyridine rings is 1. The molecule has 1 saturated heterocycles. The highest BCUT2D eigenvalue weighted by atomic mass is 32.2. The summed E-state index contributed by atoms with van der Waals surface area (Å²) in [6, 6.07) is 1.90. The fourth-order valence-corrected chi connectivity index (χ4v) is 3.43. The molecule has 19 heavy (non-hydrogen) atoms. The maximum atomic E-state index is 12.2. The summed E-state index contributed by atoms with van der Waals surface area (Å²) in [5.74, 6) is 3.03. The van der Waals surface area contributed by atoms with Crippen molar-refractivity contribution in [1.82, 2.24) is 10.3 Å². The minimum atomic E-state index is -0.0323. The highest BCUT2D eigenvalue weighted by Crippen LogP contribution is 2.22. The quantitative estimate of drug-likeness (QED) is 0.888. The van der Waals surface area contributed by atoms with Gasteiger partial charge in [-0.05, 0) is 43.3 Å². The number of anilines is 1. The zero-order valence-corrected chi connectivity index (χ0v) is 12.3. The van der Waals surface area contributed by atoms with Crippen molar-refractivity contribution in [2.75, 3.05) is 30.4 Å². The Balaban J connectivity index is 1.95. The van der Waals surface area contributed by atoms with E-state index in [4.69, 9.17) is 0 Å². The molecule has 1 aliphatic heterocycles. The molecule has 0 bridgehead atoms. The maximum absolute atomic E-state index is 12.2. The van der Waals surface area contributed by atoms with E-state index in [9.17, 15) is 4.79 Å². The van der Waals surface area contributed by atoms with Gasteiger partial charge in [-0.2, -0.15) is 11.8 Å². The van der Waals surface area contributed by atoms with E-state index in [0.717, 1.165) is 17.9 Å². The third-order valence-corrected chi connectivity index (χ3v) is 4.50. The van der Waals surface area contributed by atoms with Crippen LogP contribution in [0.15, 0.2) is 12.3 Å². The lowest BCUT2D eigenvalue weighted by Crippen LogP contribution is -2.31. The average molecular weight is 279 g/mol. The summed E-state index contributed by atoms with van der Waals surface area (Å²) in [6.07, 6.45) is 4.05. The van der Waals surface area contributed by atoms with Crippen molar-refractivity contribution in [1.29, 1.82) is 0 Å². The summed E-state index contributed by atoms with van der Waals surface area (Å²) in [5, 5.41) is 6.09. The third kappa shape index (κ3) is 3.86. The van der Waals surface area contributed by atoms with E-state index in [-0.39, 0.29) is 5.91 Å². The lowest BCUT2D eigenvalue weighted by molar-refractivity contribution is 0.0947. The molecule has 0 saturated carbocycles. The zero-order chi connectivity index (χ0) is 13.7. The van der Waals surface area contributed by atoms with Gasteiger partial charge in [0.15, 0.2) is 0 Å². The largest absolute Gasteiger partial charge is 0.387 e. The number of carbonyl (C=O) groups excluding carboxylic acids is 1. The van der Waals surface area contributed by atoms with Crippen LogP contribution >= 0.6 is 11.8 Å². The fraction of sp³-hybridized carbons (Fsp3) is 0.571. The number of hydrogen-bond acceptors (Lipinski definition) is 4. The standard InChI is InChI=1S/C14H21N3OS/c1-10-7-13(15-2)12(9-16-10)14(18)17-8-11-3-5-19-6-4-11/h7,9,11H,3-6,8H2,1-2H3,(H,15,16)(H,17,18). The van der Waals surface area contributed by atoms with Gasteiger partial charge in [0, 0.05) is 25.5 Å². The number of nitrogens with zero attached hydrogens (tertiary/aromatic N) is 1. The molecule has 1 fully saturated rings. The molecule has 1 aromatic rings. The van der Waals surface area contributed by atoms with Crippen LogP contribution < -0.4 is 10.6 Å². The fourth-order valence-electron chi connectivity index (χ4n) is 2.23. The van der Waals surface area contributed by atoms with Crippen molar-refractivity contribution in [3.8, 4) is 0 Å². The second-order valence-electron chi connectivity index (χ2n) is 4.89. The van der Waals surface area contributed by atoms with Crippen molar-refractivity contribution in [2.45, 2.75) is 19.8 Å². The van der Waals surface area contributed by atoms with Crippen LogP contribution in [0.2, 0.25) is 0 Å². The van der Waals surface area contributed by atoms with Crippen LogP contribution in [0.3, 0.4) is 0 Å². The topological polar surface area (TPSA) is 54.0 Å². The van der Waals surface area contributed by atoms with Gasteiger partial charge in [0.05, 0.1) is 11.3 Å². The van der Waals surface area contributed by atoms with E-state index >= 15 is 0 Å². The van der Waals surface area contributed by atoms with Crippen LogP contribution in [0, 0.1) is 12.8 Å². The molecule has 2 N–H and O–H groups in total.